The van der Waals surface area contributed by atoms with Gasteiger partial charge in [-0.25, -0.2) is 9.98 Å². The third kappa shape index (κ3) is 3.66. The largest absolute Gasteiger partial charge is 0.332 e. The van der Waals surface area contributed by atoms with Gasteiger partial charge in [0.15, 0.2) is 5.82 Å². The maximum absolute atomic E-state index is 4.70. The molecule has 4 nitrogen and oxygen atoms in total. The van der Waals surface area contributed by atoms with Crippen LogP contribution in [0.4, 0.5) is 11.4 Å². The molecule has 0 atom stereocenters. The lowest BCUT2D eigenvalue weighted by Gasteiger charge is -2.00. The van der Waals surface area contributed by atoms with Crippen LogP contribution >= 0.6 is 0 Å². The fraction of sp³-hybridized carbons (Fsp3) is 0.150. The van der Waals surface area contributed by atoms with Crippen LogP contribution in [0.1, 0.15) is 25.4 Å². The summed E-state index contributed by atoms with van der Waals surface area (Å²) < 4.78 is 1.99. The average Bonchev–Trinajstić information content (AvgIpc) is 2.99. The minimum Gasteiger partial charge on any atom is -0.332 e. The van der Waals surface area contributed by atoms with Gasteiger partial charge >= 0.3 is 0 Å². The van der Waals surface area contributed by atoms with Crippen molar-refractivity contribution in [3.05, 3.63) is 78.4 Å². The molecule has 0 saturated carbocycles. The molecule has 24 heavy (non-hydrogen) atoms. The van der Waals surface area contributed by atoms with Crippen molar-refractivity contribution in [1.82, 2.24) is 9.55 Å². The van der Waals surface area contributed by atoms with Gasteiger partial charge in [-0.05, 0) is 38.1 Å². The summed E-state index contributed by atoms with van der Waals surface area (Å²) in [5.74, 6) is 0.844. The topological polar surface area (TPSA) is 42.5 Å². The Bertz CT molecular complexity index is 875. The van der Waals surface area contributed by atoms with Gasteiger partial charge in [-0.1, -0.05) is 36.4 Å². The molecule has 0 amide bonds. The van der Waals surface area contributed by atoms with Crippen molar-refractivity contribution in [3.8, 4) is 0 Å². The monoisotopic (exact) mass is 316 g/mol. The van der Waals surface area contributed by atoms with Gasteiger partial charge < -0.3 is 4.57 Å². The number of para-hydroxylation sites is 2. The Morgan fingerprint density at radius 1 is 0.792 bits per heavy atom. The number of hydrogen-bond donors (Lipinski definition) is 0. The Labute approximate surface area is 142 Å². The number of nitrogens with zero attached hydrogens (tertiary/aromatic N) is 4. The summed E-state index contributed by atoms with van der Waals surface area (Å²) in [6.07, 6.45) is 1.99. The van der Waals surface area contributed by atoms with E-state index in [0.717, 1.165) is 34.3 Å². The molecule has 1 aromatic heterocycles. The molecule has 1 heterocycles. The van der Waals surface area contributed by atoms with Crippen molar-refractivity contribution in [2.45, 2.75) is 13.8 Å². The quantitative estimate of drug-likeness (QED) is 0.643. The molecule has 4 heteroatoms. The Balaban J connectivity index is 1.90. The van der Waals surface area contributed by atoms with Gasteiger partial charge in [0.25, 0.3) is 0 Å². The van der Waals surface area contributed by atoms with Crippen molar-refractivity contribution in [2.24, 2.45) is 17.0 Å². The third-order valence-electron chi connectivity index (χ3n) is 3.68. The van der Waals surface area contributed by atoms with Gasteiger partial charge in [0.1, 0.15) is 5.69 Å². The number of aliphatic imine (C=N–C) groups is 2. The van der Waals surface area contributed by atoms with Gasteiger partial charge in [-0.15, -0.1) is 0 Å². The Kier molecular flexibility index (Phi) is 4.66. The van der Waals surface area contributed by atoms with Gasteiger partial charge in [-0.3, -0.25) is 4.99 Å². The second-order valence-electron chi connectivity index (χ2n) is 5.63. The molecule has 0 aliphatic heterocycles. The van der Waals surface area contributed by atoms with E-state index in [9.17, 15) is 0 Å². The highest BCUT2D eigenvalue weighted by molar-refractivity contribution is 6.02. The van der Waals surface area contributed by atoms with E-state index in [2.05, 4.69) is 9.98 Å². The van der Waals surface area contributed by atoms with Crippen molar-refractivity contribution >= 4 is 22.8 Å². The van der Waals surface area contributed by atoms with E-state index < -0.39 is 0 Å². The van der Waals surface area contributed by atoms with Crippen LogP contribution in [0.15, 0.2) is 76.8 Å². The summed E-state index contributed by atoms with van der Waals surface area (Å²) in [6, 6.07) is 19.8. The summed E-state index contributed by atoms with van der Waals surface area (Å²) >= 11 is 0. The van der Waals surface area contributed by atoms with Crippen molar-refractivity contribution < 1.29 is 0 Å². The summed E-state index contributed by atoms with van der Waals surface area (Å²) in [7, 11) is 1.98. The molecule has 0 N–H and O–H groups in total. The van der Waals surface area contributed by atoms with E-state index in [-0.39, 0.29) is 0 Å². The van der Waals surface area contributed by atoms with E-state index in [1.165, 1.54) is 0 Å². The first kappa shape index (κ1) is 15.9. The molecule has 0 unspecified atom stereocenters. The van der Waals surface area contributed by atoms with E-state index in [1.807, 2.05) is 92.3 Å². The lowest BCUT2D eigenvalue weighted by Crippen LogP contribution is -2.04. The van der Waals surface area contributed by atoms with Gasteiger partial charge in [0.05, 0.1) is 22.8 Å². The van der Waals surface area contributed by atoms with Crippen molar-refractivity contribution in [1.29, 1.82) is 0 Å². The van der Waals surface area contributed by atoms with Crippen LogP contribution in [0.25, 0.3) is 0 Å². The Hall–Kier alpha value is -3.01. The second-order valence-corrected chi connectivity index (χ2v) is 5.63. The molecule has 120 valence electrons. The zero-order valence-electron chi connectivity index (χ0n) is 14.1. The van der Waals surface area contributed by atoms with Gasteiger partial charge in [-0.2, -0.15) is 0 Å². The molecular formula is C20H20N4. The van der Waals surface area contributed by atoms with Crippen molar-refractivity contribution in [3.63, 3.8) is 0 Å². The number of aromatic nitrogens is 2. The van der Waals surface area contributed by atoms with Crippen LogP contribution in [0.5, 0.6) is 0 Å². The smallest absolute Gasteiger partial charge is 0.154 e. The number of imidazole rings is 1. The molecule has 0 bridgehead atoms. The fourth-order valence-corrected chi connectivity index (χ4v) is 2.48. The van der Waals surface area contributed by atoms with Gasteiger partial charge in [0.2, 0.25) is 0 Å². The third-order valence-corrected chi connectivity index (χ3v) is 3.68. The predicted molar refractivity (Wildman–Crippen MR) is 99.8 cm³/mol. The van der Waals surface area contributed by atoms with E-state index in [1.54, 1.807) is 0 Å². The van der Waals surface area contributed by atoms with Crippen LogP contribution in [0, 0.1) is 0 Å². The van der Waals surface area contributed by atoms with E-state index in [0.29, 0.717) is 0 Å². The Morgan fingerprint density at radius 2 is 1.29 bits per heavy atom. The number of rotatable bonds is 4. The highest BCUT2D eigenvalue weighted by atomic mass is 15.1. The highest BCUT2D eigenvalue weighted by Crippen LogP contribution is 2.15. The molecule has 2 aromatic carbocycles. The predicted octanol–water partition coefficient (Wildman–Crippen LogP) is 4.70. The van der Waals surface area contributed by atoms with Crippen LogP contribution < -0.4 is 0 Å². The number of aryl methyl sites for hydroxylation is 1. The molecule has 0 saturated heterocycles. The molecule has 0 spiro atoms. The summed E-state index contributed by atoms with van der Waals surface area (Å²) in [5.41, 5.74) is 4.48. The van der Waals surface area contributed by atoms with Crippen molar-refractivity contribution in [2.75, 3.05) is 0 Å². The minimum absolute atomic E-state index is 0.844. The van der Waals surface area contributed by atoms with Crippen LogP contribution in [0.2, 0.25) is 0 Å². The molecular weight excluding hydrogens is 296 g/mol. The lowest BCUT2D eigenvalue weighted by molar-refractivity contribution is 0.896. The fourth-order valence-electron chi connectivity index (χ4n) is 2.48. The SMILES string of the molecule is CC(=Nc1ccccc1)c1cn(C)c(C(C)=Nc2ccccc2)n1. The number of hydrogen-bond acceptors (Lipinski definition) is 3. The number of benzene rings is 2. The van der Waals surface area contributed by atoms with Crippen LogP contribution in [0.3, 0.4) is 0 Å². The molecule has 3 rings (SSSR count). The summed E-state index contributed by atoms with van der Waals surface area (Å²) in [5, 5.41) is 0. The molecule has 0 fully saturated rings. The first-order valence-corrected chi connectivity index (χ1v) is 7.88. The summed E-state index contributed by atoms with van der Waals surface area (Å²) in [4.78, 5) is 14.0. The van der Waals surface area contributed by atoms with Crippen LogP contribution in [-0.2, 0) is 7.05 Å². The molecule has 3 aromatic rings. The Morgan fingerprint density at radius 3 is 1.83 bits per heavy atom. The van der Waals surface area contributed by atoms with E-state index >= 15 is 0 Å². The minimum atomic E-state index is 0.844. The molecule has 0 aliphatic carbocycles. The average molecular weight is 316 g/mol. The van der Waals surface area contributed by atoms with Crippen LogP contribution in [-0.4, -0.2) is 21.0 Å². The normalized spacial score (nSPS) is 12.5. The maximum atomic E-state index is 4.70. The molecule has 0 radical (unpaired) electrons. The highest BCUT2D eigenvalue weighted by Gasteiger charge is 2.10. The molecule has 0 aliphatic rings. The zero-order chi connectivity index (χ0) is 16.9. The first-order valence-electron chi connectivity index (χ1n) is 7.88. The summed E-state index contributed by atoms with van der Waals surface area (Å²) in [6.45, 7) is 3.95. The van der Waals surface area contributed by atoms with E-state index in [4.69, 9.17) is 4.98 Å². The standard InChI is InChI=1S/C20H20N4/c1-15(21-17-10-6-4-7-11-17)19-14-24(3)20(23-19)16(2)22-18-12-8-5-9-13-18/h4-14H,1-3H3. The first-order chi connectivity index (χ1) is 11.6. The zero-order valence-corrected chi connectivity index (χ0v) is 14.1. The van der Waals surface area contributed by atoms with Gasteiger partial charge in [0, 0.05) is 13.2 Å². The maximum Gasteiger partial charge on any atom is 0.154 e. The lowest BCUT2D eigenvalue weighted by atomic mass is 10.3. The second kappa shape index (κ2) is 7.04.